The lowest BCUT2D eigenvalue weighted by atomic mass is 10.0. The van der Waals surface area contributed by atoms with Crippen molar-refractivity contribution in [2.75, 3.05) is 0 Å². The van der Waals surface area contributed by atoms with Crippen LogP contribution in [0.25, 0.3) is 17.4 Å². The van der Waals surface area contributed by atoms with Gasteiger partial charge >= 0.3 is 11.9 Å². The minimum atomic E-state index is -1.32. The van der Waals surface area contributed by atoms with E-state index < -0.39 is 29.5 Å². The van der Waals surface area contributed by atoms with Gasteiger partial charge in [0.1, 0.15) is 17.1 Å². The first-order valence-corrected chi connectivity index (χ1v) is 8.02. The van der Waals surface area contributed by atoms with Gasteiger partial charge in [-0.25, -0.2) is 9.59 Å². The molecule has 0 atom stereocenters. The largest absolute Gasteiger partial charge is 0.457 e. The van der Waals surface area contributed by atoms with Crippen molar-refractivity contribution in [3.63, 3.8) is 0 Å². The van der Waals surface area contributed by atoms with Crippen molar-refractivity contribution in [1.29, 1.82) is 0 Å². The Balaban J connectivity index is 1.64. The summed E-state index contributed by atoms with van der Waals surface area (Å²) in [5.74, 6) is -3.21. The molecule has 3 heterocycles. The summed E-state index contributed by atoms with van der Waals surface area (Å²) in [6.45, 7) is 2.92. The smallest absolute Gasteiger partial charge is 0.348 e. The number of cyclic esters (lactones) is 2. The van der Waals surface area contributed by atoms with Gasteiger partial charge in [-0.1, -0.05) is 6.07 Å². The molecule has 1 fully saturated rings. The van der Waals surface area contributed by atoms with Gasteiger partial charge in [-0.3, -0.25) is 14.9 Å². The zero-order valence-electron chi connectivity index (χ0n) is 14.3. The molecule has 2 aromatic rings. The van der Waals surface area contributed by atoms with E-state index in [0.717, 1.165) is 0 Å². The van der Waals surface area contributed by atoms with Gasteiger partial charge in [-0.15, -0.1) is 0 Å². The van der Waals surface area contributed by atoms with Crippen molar-refractivity contribution in [2.45, 2.75) is 19.6 Å². The molecule has 0 saturated carbocycles. The lowest BCUT2D eigenvalue weighted by molar-refractivity contribution is -0.222. The number of fused-ring (bicyclic) bond motifs is 1. The monoisotopic (exact) mass is 367 g/mol. The summed E-state index contributed by atoms with van der Waals surface area (Å²) in [5.41, 5.74) is 0.843. The van der Waals surface area contributed by atoms with E-state index in [2.05, 4.69) is 5.32 Å². The Labute approximate surface area is 152 Å². The van der Waals surface area contributed by atoms with E-state index in [-0.39, 0.29) is 16.9 Å². The maximum absolute atomic E-state index is 12.0. The molecule has 0 radical (unpaired) electrons. The van der Waals surface area contributed by atoms with E-state index in [4.69, 9.17) is 13.9 Å². The summed E-state index contributed by atoms with van der Waals surface area (Å²) in [4.78, 5) is 47.4. The predicted molar refractivity (Wildman–Crippen MR) is 90.2 cm³/mol. The number of hydrogen-bond acceptors (Lipinski definition) is 7. The molecular weight excluding hydrogens is 354 g/mol. The summed E-state index contributed by atoms with van der Waals surface area (Å²) in [6, 6.07) is 7.88. The number of imide groups is 1. The van der Waals surface area contributed by atoms with Crippen molar-refractivity contribution in [1.82, 2.24) is 5.32 Å². The van der Waals surface area contributed by atoms with Crippen LogP contribution in [-0.4, -0.2) is 29.5 Å². The van der Waals surface area contributed by atoms with Gasteiger partial charge in [0.05, 0.1) is 11.1 Å². The second kappa shape index (κ2) is 5.66. The van der Waals surface area contributed by atoms with Crippen LogP contribution in [0.5, 0.6) is 0 Å². The number of benzene rings is 1. The fraction of sp³-hybridized carbons (Fsp3) is 0.158. The molecule has 2 aliphatic rings. The molecule has 136 valence electrons. The second-order valence-corrected chi connectivity index (χ2v) is 6.48. The Kier molecular flexibility index (Phi) is 3.52. The number of esters is 2. The minimum Gasteiger partial charge on any atom is -0.457 e. The maximum Gasteiger partial charge on any atom is 0.348 e. The average Bonchev–Trinajstić information content (AvgIpc) is 3.15. The highest BCUT2D eigenvalue weighted by Crippen LogP contribution is 2.29. The van der Waals surface area contributed by atoms with Gasteiger partial charge in [0.15, 0.2) is 0 Å². The number of furan rings is 1. The number of carbonyl (C=O) groups is 4. The van der Waals surface area contributed by atoms with Crippen LogP contribution in [0.1, 0.15) is 40.3 Å². The Hall–Kier alpha value is -3.68. The summed E-state index contributed by atoms with van der Waals surface area (Å²) in [5, 5.41) is 2.22. The Morgan fingerprint density at radius 2 is 1.56 bits per heavy atom. The van der Waals surface area contributed by atoms with Crippen molar-refractivity contribution in [2.24, 2.45) is 0 Å². The van der Waals surface area contributed by atoms with Crippen LogP contribution in [-0.2, 0) is 19.1 Å². The summed E-state index contributed by atoms with van der Waals surface area (Å²) >= 11 is 0. The zero-order valence-corrected chi connectivity index (χ0v) is 14.3. The number of carbonyl (C=O) groups excluding carboxylic acids is 4. The molecule has 1 aromatic carbocycles. The van der Waals surface area contributed by atoms with Crippen molar-refractivity contribution in [3.8, 4) is 11.3 Å². The topological polar surface area (TPSA) is 112 Å². The van der Waals surface area contributed by atoms with E-state index in [1.165, 1.54) is 32.1 Å². The first kappa shape index (κ1) is 16.8. The van der Waals surface area contributed by atoms with Crippen LogP contribution < -0.4 is 5.32 Å². The van der Waals surface area contributed by atoms with Crippen LogP contribution in [0, 0.1) is 0 Å². The van der Waals surface area contributed by atoms with E-state index >= 15 is 0 Å². The molecule has 0 unspecified atom stereocenters. The molecule has 1 aromatic heterocycles. The first-order chi connectivity index (χ1) is 12.7. The molecular formula is C19H13NO7. The molecule has 2 amide bonds. The number of amides is 2. The third-order valence-corrected chi connectivity index (χ3v) is 4.05. The van der Waals surface area contributed by atoms with E-state index in [9.17, 15) is 19.2 Å². The van der Waals surface area contributed by atoms with Crippen molar-refractivity contribution >= 4 is 29.8 Å². The molecule has 0 aliphatic carbocycles. The summed E-state index contributed by atoms with van der Waals surface area (Å²) in [7, 11) is 0. The van der Waals surface area contributed by atoms with E-state index in [0.29, 0.717) is 16.9 Å². The van der Waals surface area contributed by atoms with Gasteiger partial charge < -0.3 is 13.9 Å². The van der Waals surface area contributed by atoms with Gasteiger partial charge in [0.25, 0.3) is 17.6 Å². The molecule has 0 bridgehead atoms. The lowest BCUT2D eigenvalue weighted by Gasteiger charge is -2.29. The lowest BCUT2D eigenvalue weighted by Crippen LogP contribution is -2.41. The minimum absolute atomic E-state index is 0.231. The van der Waals surface area contributed by atoms with Gasteiger partial charge in [0.2, 0.25) is 0 Å². The zero-order chi connectivity index (χ0) is 19.3. The molecule has 2 aliphatic heterocycles. The number of rotatable bonds is 2. The van der Waals surface area contributed by atoms with Gasteiger partial charge in [0, 0.05) is 25.5 Å². The Morgan fingerprint density at radius 1 is 0.889 bits per heavy atom. The maximum atomic E-state index is 12.0. The molecule has 8 nitrogen and oxygen atoms in total. The molecule has 4 rings (SSSR count). The molecule has 1 saturated heterocycles. The highest BCUT2D eigenvalue weighted by molar-refractivity contribution is 6.22. The summed E-state index contributed by atoms with van der Waals surface area (Å²) in [6.07, 6.45) is 1.23. The molecule has 1 N–H and O–H groups in total. The van der Waals surface area contributed by atoms with Crippen LogP contribution in [0.15, 0.2) is 40.3 Å². The van der Waals surface area contributed by atoms with Crippen LogP contribution in [0.4, 0.5) is 0 Å². The molecule has 8 heteroatoms. The second-order valence-electron chi connectivity index (χ2n) is 6.48. The van der Waals surface area contributed by atoms with Crippen LogP contribution in [0.2, 0.25) is 0 Å². The Morgan fingerprint density at radius 3 is 2.26 bits per heavy atom. The van der Waals surface area contributed by atoms with Gasteiger partial charge in [-0.2, -0.15) is 0 Å². The number of nitrogens with one attached hydrogen (secondary N) is 1. The number of hydrogen-bond donors (Lipinski definition) is 1. The molecule has 0 spiro atoms. The SMILES string of the molecule is CC1(C)OC(=O)C(=Cc2ccc(-c3ccc4c(c3)C(=O)NC4=O)o2)C(=O)O1. The average molecular weight is 367 g/mol. The quantitative estimate of drug-likeness (QED) is 0.374. The third kappa shape index (κ3) is 2.91. The number of ether oxygens (including phenoxy) is 2. The predicted octanol–water partition coefficient (Wildman–Crippen LogP) is 2.05. The summed E-state index contributed by atoms with van der Waals surface area (Å²) < 4.78 is 15.7. The van der Waals surface area contributed by atoms with Crippen LogP contribution in [0.3, 0.4) is 0 Å². The highest BCUT2D eigenvalue weighted by atomic mass is 16.7. The Bertz CT molecular complexity index is 1040. The van der Waals surface area contributed by atoms with Crippen LogP contribution >= 0.6 is 0 Å². The fourth-order valence-electron chi connectivity index (χ4n) is 2.83. The first-order valence-electron chi connectivity index (χ1n) is 8.02. The normalized spacial score (nSPS) is 17.9. The standard InChI is InChI=1S/C19H13NO7/c1-19(2)26-17(23)13(18(24)27-19)8-10-4-6-14(25-10)9-3-5-11-12(7-9)16(22)20-15(11)21/h3-8H,1-2H3,(H,20,21,22). The van der Waals surface area contributed by atoms with Gasteiger partial charge in [-0.05, 0) is 24.3 Å². The highest BCUT2D eigenvalue weighted by Gasteiger charge is 2.39. The fourth-order valence-corrected chi connectivity index (χ4v) is 2.83. The van der Waals surface area contributed by atoms with Crippen molar-refractivity contribution < 1.29 is 33.1 Å². The molecule has 27 heavy (non-hydrogen) atoms. The third-order valence-electron chi connectivity index (χ3n) is 4.05. The van der Waals surface area contributed by atoms with E-state index in [1.54, 1.807) is 18.2 Å². The van der Waals surface area contributed by atoms with Crippen molar-refractivity contribution in [3.05, 3.63) is 52.8 Å². The van der Waals surface area contributed by atoms with E-state index in [1.807, 2.05) is 0 Å².